The van der Waals surface area contributed by atoms with Gasteiger partial charge in [-0.2, -0.15) is 4.31 Å². The summed E-state index contributed by atoms with van der Waals surface area (Å²) in [5.41, 5.74) is 1.31. The van der Waals surface area contributed by atoms with E-state index in [0.29, 0.717) is 56.4 Å². The molecule has 1 amide bonds. The van der Waals surface area contributed by atoms with Gasteiger partial charge in [-0.1, -0.05) is 23.9 Å². The Hall–Kier alpha value is -2.33. The van der Waals surface area contributed by atoms with E-state index in [-0.39, 0.29) is 22.3 Å². The average Bonchev–Trinajstić information content (AvgIpc) is 3.33. The lowest BCUT2D eigenvalue weighted by atomic mass is 10.1. The summed E-state index contributed by atoms with van der Waals surface area (Å²) in [6.45, 7) is 3.39. The molecule has 4 rings (SSSR count). The van der Waals surface area contributed by atoms with Gasteiger partial charge >= 0.3 is 0 Å². The van der Waals surface area contributed by atoms with Gasteiger partial charge in [-0.3, -0.25) is 14.2 Å². The number of carbonyl (C=O) groups excluding carboxylic acids is 2. The number of carbonyl (C=O) groups is 2. The molecular formula is C25H28IN5O5S2. The summed E-state index contributed by atoms with van der Waals surface area (Å²) in [4.78, 5) is 24.3. The Morgan fingerprint density at radius 2 is 1.74 bits per heavy atom. The first-order chi connectivity index (χ1) is 18.3. The Labute approximate surface area is 239 Å². The number of rotatable bonds is 11. The number of ketones is 1. The summed E-state index contributed by atoms with van der Waals surface area (Å²) in [7, 11) is -3.62. The van der Waals surface area contributed by atoms with Gasteiger partial charge in [0.1, 0.15) is 5.82 Å². The highest BCUT2D eigenvalue weighted by atomic mass is 127. The minimum absolute atomic E-state index is 0.0782. The number of thioether (sulfide) groups is 1. The molecule has 10 nitrogen and oxygen atoms in total. The molecule has 202 valence electrons. The van der Waals surface area contributed by atoms with Gasteiger partial charge in [-0.25, -0.2) is 8.42 Å². The Bertz CT molecular complexity index is 1370. The molecular weight excluding hydrogens is 641 g/mol. The Morgan fingerprint density at radius 1 is 1.05 bits per heavy atom. The van der Waals surface area contributed by atoms with Crippen LogP contribution in [0.5, 0.6) is 0 Å². The second kappa shape index (κ2) is 13.2. The van der Waals surface area contributed by atoms with Crippen LogP contribution in [0.1, 0.15) is 29.5 Å². The first-order valence-corrected chi connectivity index (χ1v) is 15.5. The topological polar surface area (TPSA) is 123 Å². The van der Waals surface area contributed by atoms with Crippen LogP contribution in [-0.2, 0) is 26.0 Å². The first-order valence-electron chi connectivity index (χ1n) is 12.0. The van der Waals surface area contributed by atoms with E-state index < -0.39 is 10.0 Å². The number of nitrogens with one attached hydrogen (secondary N) is 1. The van der Waals surface area contributed by atoms with Gasteiger partial charge < -0.3 is 10.1 Å². The van der Waals surface area contributed by atoms with E-state index in [1.807, 2.05) is 28.8 Å². The Balaban J connectivity index is 1.45. The number of aryl methyl sites for hydroxylation is 1. The predicted molar refractivity (Wildman–Crippen MR) is 152 cm³/mol. The molecule has 1 aromatic heterocycles. The number of benzene rings is 2. The summed E-state index contributed by atoms with van der Waals surface area (Å²) < 4.78 is 35.4. The second-order valence-corrected chi connectivity index (χ2v) is 12.7. The molecule has 2 heterocycles. The molecule has 1 aliphatic heterocycles. The maximum absolute atomic E-state index is 13.0. The third-order valence-corrected chi connectivity index (χ3v) is 9.41. The zero-order valence-corrected chi connectivity index (χ0v) is 24.6. The molecule has 1 fully saturated rings. The normalized spacial score (nSPS) is 14.4. The molecule has 0 saturated carbocycles. The van der Waals surface area contributed by atoms with Crippen molar-refractivity contribution in [1.82, 2.24) is 24.4 Å². The van der Waals surface area contributed by atoms with Gasteiger partial charge in [0.05, 0.1) is 23.9 Å². The summed E-state index contributed by atoms with van der Waals surface area (Å²) in [5, 5.41) is 12.1. The molecule has 3 aromatic rings. The van der Waals surface area contributed by atoms with Crippen LogP contribution in [0.3, 0.4) is 0 Å². The van der Waals surface area contributed by atoms with E-state index in [1.165, 1.54) is 35.1 Å². The maximum atomic E-state index is 13.0. The van der Waals surface area contributed by atoms with Crippen LogP contribution in [0.15, 0.2) is 58.6 Å². The summed E-state index contributed by atoms with van der Waals surface area (Å²) in [6, 6.07) is 14.0. The van der Waals surface area contributed by atoms with E-state index in [4.69, 9.17) is 4.74 Å². The Kier molecular flexibility index (Phi) is 9.92. The van der Waals surface area contributed by atoms with Crippen LogP contribution in [0, 0.1) is 3.57 Å². The predicted octanol–water partition coefficient (Wildman–Crippen LogP) is 2.94. The van der Waals surface area contributed by atoms with Crippen molar-refractivity contribution >= 4 is 56.1 Å². The summed E-state index contributed by atoms with van der Waals surface area (Å²) in [6.07, 6.45) is 1.30. The fourth-order valence-electron chi connectivity index (χ4n) is 3.88. The third kappa shape index (κ3) is 7.20. The monoisotopic (exact) mass is 669 g/mol. The quantitative estimate of drug-likeness (QED) is 0.143. The summed E-state index contributed by atoms with van der Waals surface area (Å²) >= 11 is 3.51. The van der Waals surface area contributed by atoms with Crippen molar-refractivity contribution in [2.24, 2.45) is 0 Å². The highest BCUT2D eigenvalue weighted by Crippen LogP contribution is 2.25. The molecule has 0 spiro atoms. The highest BCUT2D eigenvalue weighted by molar-refractivity contribution is 14.1. The molecule has 1 N–H and O–H groups in total. The SMILES string of the molecule is CC(=O)NCCCc1nnc(SCC(=O)c2ccc(S(=O)(=O)N3CCOCC3)cc2)n1-c1ccc(I)cc1. The fourth-order valence-corrected chi connectivity index (χ4v) is 6.51. The van der Waals surface area contributed by atoms with Crippen molar-refractivity contribution in [3.05, 3.63) is 63.5 Å². The number of ether oxygens (including phenoxy) is 1. The van der Waals surface area contributed by atoms with E-state index >= 15 is 0 Å². The molecule has 13 heteroatoms. The summed E-state index contributed by atoms with van der Waals surface area (Å²) in [5.74, 6) is 0.633. The second-order valence-electron chi connectivity index (χ2n) is 8.55. The smallest absolute Gasteiger partial charge is 0.243 e. The number of Topliss-reactive ketones (excluding diaryl/α,β-unsaturated/α-hetero) is 1. The van der Waals surface area contributed by atoms with Gasteiger partial charge in [0.2, 0.25) is 15.9 Å². The van der Waals surface area contributed by atoms with Crippen molar-refractivity contribution in [2.45, 2.75) is 29.8 Å². The van der Waals surface area contributed by atoms with Gasteiger partial charge in [0.15, 0.2) is 10.9 Å². The van der Waals surface area contributed by atoms with Crippen LogP contribution in [-0.4, -0.2) is 77.8 Å². The van der Waals surface area contributed by atoms with Crippen LogP contribution >= 0.6 is 34.4 Å². The zero-order chi connectivity index (χ0) is 27.1. The largest absolute Gasteiger partial charge is 0.379 e. The third-order valence-electron chi connectivity index (χ3n) is 5.85. The number of nitrogens with zero attached hydrogens (tertiary/aromatic N) is 4. The standard InChI is InChI=1S/C25H28IN5O5S2/c1-18(32)27-12-2-3-24-28-29-25(31(24)21-8-6-20(26)7-9-21)37-17-23(33)19-4-10-22(11-5-19)38(34,35)30-13-15-36-16-14-30/h4-11H,2-3,12-17H2,1H3,(H,27,32). The van der Waals surface area contributed by atoms with Gasteiger partial charge in [-0.05, 0) is 65.4 Å². The molecule has 0 bridgehead atoms. The van der Waals surface area contributed by atoms with Gasteiger partial charge in [0, 0.05) is 47.8 Å². The first kappa shape index (κ1) is 28.7. The zero-order valence-electron chi connectivity index (χ0n) is 20.8. The molecule has 0 radical (unpaired) electrons. The van der Waals surface area contributed by atoms with E-state index in [2.05, 4.69) is 38.1 Å². The van der Waals surface area contributed by atoms with Crippen LogP contribution in [0.2, 0.25) is 0 Å². The van der Waals surface area contributed by atoms with Crippen LogP contribution in [0.4, 0.5) is 0 Å². The van der Waals surface area contributed by atoms with Gasteiger partial charge in [0.25, 0.3) is 0 Å². The molecule has 1 aliphatic rings. The van der Waals surface area contributed by atoms with Crippen molar-refractivity contribution in [3.63, 3.8) is 0 Å². The van der Waals surface area contributed by atoms with Crippen molar-refractivity contribution in [3.8, 4) is 5.69 Å². The molecule has 1 saturated heterocycles. The number of amides is 1. The minimum Gasteiger partial charge on any atom is -0.379 e. The molecule has 2 aromatic carbocycles. The number of aromatic nitrogens is 3. The molecule has 38 heavy (non-hydrogen) atoms. The van der Waals surface area contributed by atoms with E-state index in [0.717, 1.165) is 15.1 Å². The number of sulfonamides is 1. The number of halogens is 1. The molecule has 0 aliphatic carbocycles. The number of hydrogen-bond acceptors (Lipinski definition) is 8. The molecule has 0 atom stereocenters. The lowest BCUT2D eigenvalue weighted by Gasteiger charge is -2.26. The fraction of sp³-hybridized carbons (Fsp3) is 0.360. The van der Waals surface area contributed by atoms with E-state index in [1.54, 1.807) is 12.1 Å². The van der Waals surface area contributed by atoms with Gasteiger partial charge in [-0.15, -0.1) is 10.2 Å². The van der Waals surface area contributed by atoms with E-state index in [9.17, 15) is 18.0 Å². The van der Waals surface area contributed by atoms with Crippen LogP contribution < -0.4 is 5.32 Å². The maximum Gasteiger partial charge on any atom is 0.243 e. The number of hydrogen-bond donors (Lipinski definition) is 1. The minimum atomic E-state index is -3.62. The van der Waals surface area contributed by atoms with Crippen molar-refractivity contribution in [1.29, 1.82) is 0 Å². The van der Waals surface area contributed by atoms with Crippen molar-refractivity contribution in [2.75, 3.05) is 38.6 Å². The molecule has 0 unspecified atom stereocenters. The van der Waals surface area contributed by atoms with Crippen molar-refractivity contribution < 1.29 is 22.7 Å². The number of morpholine rings is 1. The lowest BCUT2D eigenvalue weighted by molar-refractivity contribution is -0.118. The average molecular weight is 670 g/mol. The highest BCUT2D eigenvalue weighted by Gasteiger charge is 2.26. The Morgan fingerprint density at radius 3 is 2.39 bits per heavy atom. The lowest BCUT2D eigenvalue weighted by Crippen LogP contribution is -2.40. The van der Waals surface area contributed by atoms with Crippen LogP contribution in [0.25, 0.3) is 5.69 Å².